The Bertz CT molecular complexity index is 1100. The average molecular weight is 448 g/mol. The van der Waals surface area contributed by atoms with E-state index in [1.165, 1.54) is 5.56 Å². The largest absolute Gasteiger partial charge is 0.504 e. The fourth-order valence-electron chi connectivity index (χ4n) is 7.61. The highest BCUT2D eigenvalue weighted by Crippen LogP contribution is 2.70. The van der Waals surface area contributed by atoms with Crippen LogP contribution in [-0.2, 0) is 27.8 Å². The maximum Gasteiger partial charge on any atom is 0.183 e. The van der Waals surface area contributed by atoms with Gasteiger partial charge in [0, 0.05) is 31.1 Å². The molecule has 0 radical (unpaired) electrons. The molecule has 2 fully saturated rings. The van der Waals surface area contributed by atoms with Crippen molar-refractivity contribution in [1.29, 1.82) is 0 Å². The number of benzene rings is 2. The van der Waals surface area contributed by atoms with Gasteiger partial charge < -0.3 is 19.5 Å². The standard InChI is InChI=1S/C28H33NO4/c1-3-4-16-32-27-13-12-23(31)28(18-19-8-6-5-7-9-19)26(27)14-15-29(2)22(27)17-20-10-11-21(30)25(33-28)24(20)26/h5-11,22,30H,3-4,12-18H2,1-2H3/t22-,26-,27-,28?/m1/s1. The van der Waals surface area contributed by atoms with E-state index in [0.29, 0.717) is 31.6 Å². The number of carbonyl (C=O) groups excluding carboxylic acids is 1. The van der Waals surface area contributed by atoms with Crippen LogP contribution < -0.4 is 4.74 Å². The number of piperidine rings is 1. The van der Waals surface area contributed by atoms with Crippen molar-refractivity contribution in [2.45, 2.75) is 74.5 Å². The quantitative estimate of drug-likeness (QED) is 0.673. The molecule has 5 heteroatoms. The molecule has 4 aliphatic rings. The van der Waals surface area contributed by atoms with Gasteiger partial charge in [-0.15, -0.1) is 0 Å². The Morgan fingerprint density at radius 2 is 2.00 bits per heavy atom. The maximum atomic E-state index is 14.0. The van der Waals surface area contributed by atoms with E-state index in [4.69, 9.17) is 9.47 Å². The summed E-state index contributed by atoms with van der Waals surface area (Å²) in [5, 5.41) is 10.9. The number of likely N-dealkylation sites (N-methyl/N-ethyl adjacent to an activating group) is 1. The summed E-state index contributed by atoms with van der Waals surface area (Å²) < 4.78 is 13.8. The van der Waals surface area contributed by atoms with Crippen LogP contribution in [0.25, 0.3) is 0 Å². The van der Waals surface area contributed by atoms with Crippen LogP contribution in [0.4, 0.5) is 0 Å². The van der Waals surface area contributed by atoms with Crippen LogP contribution in [0.1, 0.15) is 55.7 Å². The van der Waals surface area contributed by atoms with E-state index in [1.54, 1.807) is 6.07 Å². The summed E-state index contributed by atoms with van der Waals surface area (Å²) in [5.41, 5.74) is 1.15. The molecule has 2 aromatic rings. The summed E-state index contributed by atoms with van der Waals surface area (Å²) in [6.07, 6.45) is 5.34. The third kappa shape index (κ3) is 2.53. The van der Waals surface area contributed by atoms with Crippen LogP contribution in [0, 0.1) is 0 Å². The molecule has 1 saturated carbocycles. The molecule has 2 heterocycles. The predicted molar refractivity (Wildman–Crippen MR) is 126 cm³/mol. The lowest BCUT2D eigenvalue weighted by atomic mass is 9.44. The zero-order valence-electron chi connectivity index (χ0n) is 19.6. The van der Waals surface area contributed by atoms with Crippen LogP contribution in [0.2, 0.25) is 0 Å². The van der Waals surface area contributed by atoms with Gasteiger partial charge in [-0.3, -0.25) is 4.79 Å². The molecule has 1 saturated heterocycles. The first kappa shape index (κ1) is 21.2. The minimum absolute atomic E-state index is 0.137. The fourth-order valence-corrected chi connectivity index (χ4v) is 7.61. The van der Waals surface area contributed by atoms with E-state index in [-0.39, 0.29) is 17.6 Å². The van der Waals surface area contributed by atoms with E-state index < -0.39 is 16.6 Å². The zero-order chi connectivity index (χ0) is 22.8. The number of carbonyl (C=O) groups is 1. The maximum absolute atomic E-state index is 14.0. The lowest BCUT2D eigenvalue weighted by Gasteiger charge is -2.67. The predicted octanol–water partition coefficient (Wildman–Crippen LogP) is 4.18. The van der Waals surface area contributed by atoms with E-state index in [9.17, 15) is 9.90 Å². The Kier molecular flexibility index (Phi) is 4.69. The van der Waals surface area contributed by atoms with Crippen LogP contribution in [-0.4, -0.2) is 53.2 Å². The molecule has 0 amide bonds. The Labute approximate surface area is 195 Å². The second-order valence-corrected chi connectivity index (χ2v) is 10.4. The monoisotopic (exact) mass is 447 g/mol. The smallest absolute Gasteiger partial charge is 0.183 e. The number of nitrogens with zero attached hydrogens (tertiary/aromatic N) is 1. The van der Waals surface area contributed by atoms with E-state index in [2.05, 4.69) is 31.0 Å². The fraction of sp³-hybridized carbons (Fsp3) is 0.536. The number of hydrogen-bond donors (Lipinski definition) is 1. The lowest BCUT2D eigenvalue weighted by Crippen LogP contribution is -2.81. The van der Waals surface area contributed by atoms with Crippen molar-refractivity contribution >= 4 is 5.78 Å². The molecule has 33 heavy (non-hydrogen) atoms. The number of Topliss-reactive ketones (excluding diaryl/α,β-unsaturated/α-hetero) is 1. The topological polar surface area (TPSA) is 59.0 Å². The lowest BCUT2D eigenvalue weighted by molar-refractivity contribution is -0.231. The SMILES string of the molecule is CCCCO[C@@]12CCC(=O)C3(Cc4ccccc4)Oc4c(O)ccc5c4[C@@]31CCN(C)[C@@H]2C5. The van der Waals surface area contributed by atoms with Crippen LogP contribution >= 0.6 is 0 Å². The Hall–Kier alpha value is -2.37. The zero-order valence-corrected chi connectivity index (χ0v) is 19.6. The number of rotatable bonds is 6. The van der Waals surface area contributed by atoms with Crippen molar-refractivity contribution in [3.63, 3.8) is 0 Å². The molecule has 1 unspecified atom stereocenters. The number of hydrogen-bond acceptors (Lipinski definition) is 5. The number of unbranched alkanes of at least 4 members (excludes halogenated alkanes) is 1. The van der Waals surface area contributed by atoms with Gasteiger partial charge in [0.1, 0.15) is 0 Å². The Morgan fingerprint density at radius 3 is 2.79 bits per heavy atom. The molecule has 1 N–H and O–H groups in total. The van der Waals surface area contributed by atoms with Gasteiger partial charge in [-0.2, -0.15) is 0 Å². The van der Waals surface area contributed by atoms with Gasteiger partial charge in [0.15, 0.2) is 22.9 Å². The number of ether oxygens (including phenoxy) is 2. The molecule has 1 spiro atoms. The van der Waals surface area contributed by atoms with E-state index >= 15 is 0 Å². The minimum atomic E-state index is -1.06. The second-order valence-electron chi connectivity index (χ2n) is 10.4. The molecule has 4 atom stereocenters. The molecular weight excluding hydrogens is 414 g/mol. The molecule has 174 valence electrons. The van der Waals surface area contributed by atoms with Gasteiger partial charge in [0.2, 0.25) is 0 Å². The normalized spacial score (nSPS) is 34.1. The van der Waals surface area contributed by atoms with Crippen molar-refractivity contribution in [2.24, 2.45) is 0 Å². The first-order valence-corrected chi connectivity index (χ1v) is 12.4. The minimum Gasteiger partial charge on any atom is -0.504 e. The molecule has 5 nitrogen and oxygen atoms in total. The third-order valence-corrected chi connectivity index (χ3v) is 8.99. The molecule has 6 rings (SSSR count). The molecule has 2 aromatic carbocycles. The highest BCUT2D eigenvalue weighted by Gasteiger charge is 2.79. The highest BCUT2D eigenvalue weighted by molar-refractivity contribution is 5.94. The van der Waals surface area contributed by atoms with Crippen molar-refractivity contribution in [3.8, 4) is 11.5 Å². The third-order valence-electron chi connectivity index (χ3n) is 8.99. The van der Waals surface area contributed by atoms with E-state index in [0.717, 1.165) is 43.4 Å². The van der Waals surface area contributed by atoms with Gasteiger partial charge in [0.25, 0.3) is 0 Å². The molecule has 0 aromatic heterocycles. The molecule has 2 bridgehead atoms. The number of ketones is 1. The van der Waals surface area contributed by atoms with Crippen molar-refractivity contribution < 1.29 is 19.4 Å². The van der Waals surface area contributed by atoms with E-state index in [1.807, 2.05) is 24.3 Å². The van der Waals surface area contributed by atoms with Gasteiger partial charge in [-0.1, -0.05) is 49.7 Å². The summed E-state index contributed by atoms with van der Waals surface area (Å²) in [4.78, 5) is 16.5. The molecule has 2 aliphatic heterocycles. The molecular formula is C28H33NO4. The van der Waals surface area contributed by atoms with Gasteiger partial charge in [-0.25, -0.2) is 0 Å². The summed E-state index contributed by atoms with van der Waals surface area (Å²) in [6, 6.07) is 14.2. The van der Waals surface area contributed by atoms with Gasteiger partial charge in [-0.05, 0) is 56.5 Å². The number of phenolic OH excluding ortho intramolecular Hbond substituents is 1. The molecule has 2 aliphatic carbocycles. The van der Waals surface area contributed by atoms with Crippen molar-refractivity contribution in [3.05, 3.63) is 59.2 Å². The van der Waals surface area contributed by atoms with Crippen molar-refractivity contribution in [2.75, 3.05) is 20.2 Å². The van der Waals surface area contributed by atoms with Gasteiger partial charge in [0.05, 0.1) is 11.0 Å². The Morgan fingerprint density at radius 1 is 1.18 bits per heavy atom. The summed E-state index contributed by atoms with van der Waals surface area (Å²) in [7, 11) is 2.19. The van der Waals surface area contributed by atoms with Crippen LogP contribution in [0.15, 0.2) is 42.5 Å². The Balaban J connectivity index is 1.63. The van der Waals surface area contributed by atoms with Crippen LogP contribution in [0.5, 0.6) is 11.5 Å². The number of phenols is 1. The summed E-state index contributed by atoms with van der Waals surface area (Å²) >= 11 is 0. The van der Waals surface area contributed by atoms with Crippen molar-refractivity contribution in [1.82, 2.24) is 4.90 Å². The number of aromatic hydroxyl groups is 1. The summed E-state index contributed by atoms with van der Waals surface area (Å²) in [6.45, 7) is 3.74. The number of likely N-dealkylation sites (tertiary alicyclic amines) is 1. The second kappa shape index (κ2) is 7.31. The van der Waals surface area contributed by atoms with Gasteiger partial charge >= 0.3 is 0 Å². The average Bonchev–Trinajstić information content (AvgIpc) is 3.12. The first-order chi connectivity index (χ1) is 16.0. The van der Waals surface area contributed by atoms with Crippen LogP contribution in [0.3, 0.4) is 0 Å². The summed E-state index contributed by atoms with van der Waals surface area (Å²) in [5.74, 6) is 0.801. The highest BCUT2D eigenvalue weighted by atomic mass is 16.5. The first-order valence-electron chi connectivity index (χ1n) is 12.4.